The van der Waals surface area contributed by atoms with Gasteiger partial charge in [-0.2, -0.15) is 0 Å². The summed E-state index contributed by atoms with van der Waals surface area (Å²) < 4.78 is 6.83. The first-order valence-electron chi connectivity index (χ1n) is 5.40. The van der Waals surface area contributed by atoms with Crippen molar-refractivity contribution in [2.24, 2.45) is 0 Å². The Morgan fingerprint density at radius 2 is 2.47 bits per heavy atom. The van der Waals surface area contributed by atoms with Crippen LogP contribution in [0.25, 0.3) is 0 Å². The van der Waals surface area contributed by atoms with Crippen molar-refractivity contribution in [2.45, 2.75) is 31.9 Å². The first-order chi connectivity index (χ1) is 7.34. The fourth-order valence-corrected chi connectivity index (χ4v) is 3.19. The van der Waals surface area contributed by atoms with Crippen LogP contribution in [-0.2, 0) is 11.3 Å². The molecule has 1 aromatic rings. The molecule has 84 valence electrons. The molecule has 0 radical (unpaired) electrons. The Balaban J connectivity index is 1.65. The molecule has 0 aliphatic carbocycles. The first kappa shape index (κ1) is 11.6. The van der Waals surface area contributed by atoms with Gasteiger partial charge in [0.05, 0.1) is 6.10 Å². The molecule has 1 aromatic heterocycles. The second-order valence-corrected chi connectivity index (χ2v) is 5.76. The zero-order valence-electron chi connectivity index (χ0n) is 8.67. The molecule has 1 N–H and O–H groups in total. The molecule has 0 spiro atoms. The number of halogens is 1. The van der Waals surface area contributed by atoms with Gasteiger partial charge in [-0.1, -0.05) is 0 Å². The summed E-state index contributed by atoms with van der Waals surface area (Å²) in [5.41, 5.74) is 0. The minimum atomic E-state index is 0.433. The van der Waals surface area contributed by atoms with E-state index in [2.05, 4.69) is 32.7 Å². The molecule has 2 rings (SSSR count). The predicted octanol–water partition coefficient (Wildman–Crippen LogP) is 3.17. The van der Waals surface area contributed by atoms with E-state index in [9.17, 15) is 0 Å². The van der Waals surface area contributed by atoms with E-state index in [0.717, 1.165) is 19.7 Å². The van der Waals surface area contributed by atoms with Gasteiger partial charge in [0.2, 0.25) is 0 Å². The third kappa shape index (κ3) is 3.87. The second kappa shape index (κ2) is 5.99. The van der Waals surface area contributed by atoms with Crippen molar-refractivity contribution >= 4 is 27.3 Å². The molecular weight excluding hydrogens is 274 g/mol. The molecule has 1 aliphatic heterocycles. The minimum absolute atomic E-state index is 0.433. The Labute approximate surface area is 103 Å². The normalized spacial score (nSPS) is 21.8. The van der Waals surface area contributed by atoms with Gasteiger partial charge >= 0.3 is 0 Å². The third-order valence-corrected chi connectivity index (χ3v) is 4.26. The van der Waals surface area contributed by atoms with Crippen molar-refractivity contribution in [3.8, 4) is 0 Å². The summed E-state index contributed by atoms with van der Waals surface area (Å²) in [5, 5.41) is 5.57. The summed E-state index contributed by atoms with van der Waals surface area (Å²) in [6, 6.07) is 2.17. The van der Waals surface area contributed by atoms with Gasteiger partial charge < -0.3 is 10.1 Å². The van der Waals surface area contributed by atoms with Crippen LogP contribution >= 0.6 is 27.3 Å². The average molecular weight is 290 g/mol. The average Bonchev–Trinajstić information content (AvgIpc) is 2.66. The van der Waals surface area contributed by atoms with Crippen molar-refractivity contribution < 1.29 is 4.74 Å². The van der Waals surface area contributed by atoms with E-state index in [1.807, 2.05) is 0 Å². The maximum Gasteiger partial charge on any atom is 0.0699 e. The van der Waals surface area contributed by atoms with Gasteiger partial charge in [0.15, 0.2) is 0 Å². The molecule has 2 nitrogen and oxygen atoms in total. The predicted molar refractivity (Wildman–Crippen MR) is 67.3 cm³/mol. The van der Waals surface area contributed by atoms with Crippen LogP contribution < -0.4 is 5.32 Å². The smallest absolute Gasteiger partial charge is 0.0699 e. The Morgan fingerprint density at radius 3 is 3.13 bits per heavy atom. The maximum absolute atomic E-state index is 5.65. The lowest BCUT2D eigenvalue weighted by molar-refractivity contribution is 0.0168. The van der Waals surface area contributed by atoms with Crippen molar-refractivity contribution in [2.75, 3.05) is 13.2 Å². The van der Waals surface area contributed by atoms with Gasteiger partial charge in [-0.15, -0.1) is 11.3 Å². The Kier molecular flexibility index (Phi) is 4.62. The fourth-order valence-electron chi connectivity index (χ4n) is 1.77. The fraction of sp³-hybridized carbons (Fsp3) is 0.636. The van der Waals surface area contributed by atoms with Crippen LogP contribution in [0, 0.1) is 0 Å². The van der Waals surface area contributed by atoms with E-state index >= 15 is 0 Å². The summed E-state index contributed by atoms with van der Waals surface area (Å²) in [4.78, 5) is 1.37. The van der Waals surface area contributed by atoms with E-state index in [1.54, 1.807) is 11.3 Å². The van der Waals surface area contributed by atoms with Crippen LogP contribution in [-0.4, -0.2) is 19.3 Å². The van der Waals surface area contributed by atoms with Crippen LogP contribution in [0.3, 0.4) is 0 Å². The van der Waals surface area contributed by atoms with E-state index in [-0.39, 0.29) is 0 Å². The molecule has 1 saturated heterocycles. The zero-order valence-corrected chi connectivity index (χ0v) is 11.1. The number of thiophene rings is 1. The molecule has 1 unspecified atom stereocenters. The van der Waals surface area contributed by atoms with Crippen LogP contribution in [0.4, 0.5) is 0 Å². The SMILES string of the molecule is Brc1csc(CNCC2CCCCO2)c1. The highest BCUT2D eigenvalue weighted by Gasteiger charge is 2.12. The van der Waals surface area contributed by atoms with Gasteiger partial charge in [-0.3, -0.25) is 0 Å². The number of hydrogen-bond donors (Lipinski definition) is 1. The van der Waals surface area contributed by atoms with Crippen molar-refractivity contribution in [1.82, 2.24) is 5.32 Å². The van der Waals surface area contributed by atoms with Crippen LogP contribution in [0.15, 0.2) is 15.9 Å². The van der Waals surface area contributed by atoms with Crippen LogP contribution in [0.1, 0.15) is 24.1 Å². The van der Waals surface area contributed by atoms with Crippen LogP contribution in [0.2, 0.25) is 0 Å². The summed E-state index contributed by atoms with van der Waals surface area (Å²) in [6.45, 7) is 2.88. The molecule has 15 heavy (non-hydrogen) atoms. The van der Waals surface area contributed by atoms with Gasteiger partial charge in [-0.25, -0.2) is 0 Å². The topological polar surface area (TPSA) is 21.3 Å². The quantitative estimate of drug-likeness (QED) is 0.919. The van der Waals surface area contributed by atoms with Crippen molar-refractivity contribution in [3.63, 3.8) is 0 Å². The number of hydrogen-bond acceptors (Lipinski definition) is 3. The first-order valence-corrected chi connectivity index (χ1v) is 7.07. The van der Waals surface area contributed by atoms with Crippen molar-refractivity contribution in [1.29, 1.82) is 0 Å². The van der Waals surface area contributed by atoms with Gasteiger partial charge in [0, 0.05) is 34.4 Å². The minimum Gasteiger partial charge on any atom is -0.377 e. The Bertz CT molecular complexity index is 297. The standard InChI is InChI=1S/C11H16BrNOS/c12-9-5-11(15-8-9)7-13-6-10-3-1-2-4-14-10/h5,8,10,13H,1-4,6-7H2. The monoisotopic (exact) mass is 289 g/mol. The highest BCUT2D eigenvalue weighted by molar-refractivity contribution is 9.10. The molecule has 0 aromatic carbocycles. The van der Waals surface area contributed by atoms with Crippen LogP contribution in [0.5, 0.6) is 0 Å². The number of rotatable bonds is 4. The molecule has 0 bridgehead atoms. The molecule has 2 heterocycles. The lowest BCUT2D eigenvalue weighted by Gasteiger charge is -2.22. The molecule has 4 heteroatoms. The molecule has 1 atom stereocenters. The maximum atomic E-state index is 5.65. The Hall–Kier alpha value is 0.1000. The highest BCUT2D eigenvalue weighted by atomic mass is 79.9. The van der Waals surface area contributed by atoms with Gasteiger partial charge in [0.1, 0.15) is 0 Å². The molecule has 0 amide bonds. The molecule has 1 fully saturated rings. The highest BCUT2D eigenvalue weighted by Crippen LogP contribution is 2.19. The number of ether oxygens (including phenoxy) is 1. The molecule has 0 saturated carbocycles. The van der Waals surface area contributed by atoms with E-state index in [4.69, 9.17) is 4.74 Å². The summed E-state index contributed by atoms with van der Waals surface area (Å²) >= 11 is 5.24. The summed E-state index contributed by atoms with van der Waals surface area (Å²) in [5.74, 6) is 0. The summed E-state index contributed by atoms with van der Waals surface area (Å²) in [7, 11) is 0. The van der Waals surface area contributed by atoms with Gasteiger partial charge in [0.25, 0.3) is 0 Å². The lowest BCUT2D eigenvalue weighted by atomic mass is 10.1. The zero-order chi connectivity index (χ0) is 10.5. The lowest BCUT2D eigenvalue weighted by Crippen LogP contribution is -2.31. The van der Waals surface area contributed by atoms with E-state index in [0.29, 0.717) is 6.10 Å². The van der Waals surface area contributed by atoms with Crippen molar-refractivity contribution in [3.05, 3.63) is 20.8 Å². The Morgan fingerprint density at radius 1 is 1.53 bits per heavy atom. The number of nitrogens with one attached hydrogen (secondary N) is 1. The molecular formula is C11H16BrNOS. The van der Waals surface area contributed by atoms with E-state index in [1.165, 1.54) is 28.6 Å². The second-order valence-electron chi connectivity index (χ2n) is 3.85. The molecule has 1 aliphatic rings. The van der Waals surface area contributed by atoms with Gasteiger partial charge in [-0.05, 0) is 41.3 Å². The van der Waals surface area contributed by atoms with E-state index < -0.39 is 0 Å². The summed E-state index contributed by atoms with van der Waals surface area (Å²) in [6.07, 6.45) is 4.19. The third-order valence-electron chi connectivity index (χ3n) is 2.57. The largest absolute Gasteiger partial charge is 0.377 e.